The highest BCUT2D eigenvalue weighted by molar-refractivity contribution is 5.79. The molecule has 1 atom stereocenters. The first-order valence-electron chi connectivity index (χ1n) is 8.84. The number of carbonyl (C=O) groups is 1. The van der Waals surface area contributed by atoms with E-state index in [1.165, 1.54) is 0 Å². The largest absolute Gasteiger partial charge is 0.496 e. The number of hydrogen-bond donors (Lipinski definition) is 1. The summed E-state index contributed by atoms with van der Waals surface area (Å²) in [6.07, 6.45) is 0. The Hall–Kier alpha value is -1.59. The van der Waals surface area contributed by atoms with Crippen molar-refractivity contribution in [3.8, 4) is 5.75 Å². The number of piperazine rings is 1. The number of nitrogens with zero attached hydrogens (tertiary/aromatic N) is 2. The summed E-state index contributed by atoms with van der Waals surface area (Å²) in [6.45, 7) is 11.3. The minimum absolute atomic E-state index is 0.153. The average molecular weight is 333 g/mol. The summed E-state index contributed by atoms with van der Waals surface area (Å²) in [5, 5.41) is 3.44. The quantitative estimate of drug-likeness (QED) is 0.867. The number of amides is 1. The highest BCUT2D eigenvalue weighted by Gasteiger charge is 2.30. The topological polar surface area (TPSA) is 44.8 Å². The molecule has 1 aliphatic heterocycles. The normalized spacial score (nSPS) is 18.9. The fraction of sp³-hybridized carbons (Fsp3) is 0.632. The molecule has 0 aliphatic carbocycles. The molecule has 0 saturated carbocycles. The standard InChI is InChI=1S/C19H31N3O2/c1-14(2)22(15(3)4)19(23)13-21-11-10-20-12-17(21)16-8-6-7-9-18(16)24-5/h6-9,14-15,17,20H,10-13H2,1-5H3. The van der Waals surface area contributed by atoms with Crippen molar-refractivity contribution in [1.82, 2.24) is 15.1 Å². The van der Waals surface area contributed by atoms with Crippen molar-refractivity contribution in [3.63, 3.8) is 0 Å². The van der Waals surface area contributed by atoms with Crippen LogP contribution in [0.2, 0.25) is 0 Å². The van der Waals surface area contributed by atoms with Gasteiger partial charge >= 0.3 is 0 Å². The van der Waals surface area contributed by atoms with Gasteiger partial charge in [0.05, 0.1) is 19.7 Å². The van der Waals surface area contributed by atoms with Gasteiger partial charge in [0.25, 0.3) is 0 Å². The molecule has 24 heavy (non-hydrogen) atoms. The number of methoxy groups -OCH3 is 1. The third-order valence-corrected chi connectivity index (χ3v) is 4.59. The lowest BCUT2D eigenvalue weighted by atomic mass is 10.0. The second-order valence-corrected chi connectivity index (χ2v) is 6.92. The fourth-order valence-corrected chi connectivity index (χ4v) is 3.61. The van der Waals surface area contributed by atoms with Crippen LogP contribution in [0.15, 0.2) is 24.3 Å². The number of benzene rings is 1. The van der Waals surface area contributed by atoms with E-state index in [4.69, 9.17) is 4.74 Å². The maximum Gasteiger partial charge on any atom is 0.237 e. The Morgan fingerprint density at radius 2 is 1.96 bits per heavy atom. The van der Waals surface area contributed by atoms with E-state index < -0.39 is 0 Å². The van der Waals surface area contributed by atoms with E-state index in [0.29, 0.717) is 6.54 Å². The third-order valence-electron chi connectivity index (χ3n) is 4.59. The Bertz CT molecular complexity index is 537. The van der Waals surface area contributed by atoms with Crippen molar-refractivity contribution in [1.29, 1.82) is 0 Å². The molecule has 1 heterocycles. The molecule has 134 valence electrons. The summed E-state index contributed by atoms with van der Waals surface area (Å²) in [5.74, 6) is 1.08. The van der Waals surface area contributed by atoms with E-state index in [2.05, 4.69) is 44.0 Å². The smallest absolute Gasteiger partial charge is 0.237 e. The minimum Gasteiger partial charge on any atom is -0.496 e. The van der Waals surface area contributed by atoms with Crippen LogP contribution in [0.3, 0.4) is 0 Å². The van der Waals surface area contributed by atoms with Gasteiger partial charge in [0.1, 0.15) is 5.75 Å². The molecular formula is C19H31N3O2. The molecule has 1 aromatic carbocycles. The first-order chi connectivity index (χ1) is 11.5. The second kappa shape index (κ2) is 8.49. The van der Waals surface area contributed by atoms with Crippen molar-refractivity contribution in [2.75, 3.05) is 33.3 Å². The molecular weight excluding hydrogens is 302 g/mol. The van der Waals surface area contributed by atoms with Crippen molar-refractivity contribution in [2.45, 2.75) is 45.8 Å². The van der Waals surface area contributed by atoms with Crippen LogP contribution in [-0.2, 0) is 4.79 Å². The van der Waals surface area contributed by atoms with Gasteiger partial charge in [-0.1, -0.05) is 18.2 Å². The molecule has 5 heteroatoms. The van der Waals surface area contributed by atoms with Crippen LogP contribution in [0.5, 0.6) is 5.75 Å². The monoisotopic (exact) mass is 333 g/mol. The number of nitrogens with one attached hydrogen (secondary N) is 1. The third kappa shape index (κ3) is 4.28. The summed E-state index contributed by atoms with van der Waals surface area (Å²) < 4.78 is 5.53. The average Bonchev–Trinajstić information content (AvgIpc) is 2.54. The van der Waals surface area contributed by atoms with Gasteiger partial charge in [0.2, 0.25) is 5.91 Å². The molecule has 5 nitrogen and oxygen atoms in total. The van der Waals surface area contributed by atoms with E-state index in [1.54, 1.807) is 7.11 Å². The molecule has 1 fully saturated rings. The van der Waals surface area contributed by atoms with Crippen LogP contribution in [0.4, 0.5) is 0 Å². The molecule has 0 bridgehead atoms. The van der Waals surface area contributed by atoms with Crippen LogP contribution in [0, 0.1) is 0 Å². The lowest BCUT2D eigenvalue weighted by Gasteiger charge is -2.39. The van der Waals surface area contributed by atoms with Gasteiger partial charge < -0.3 is 15.0 Å². The van der Waals surface area contributed by atoms with E-state index in [-0.39, 0.29) is 24.0 Å². The van der Waals surface area contributed by atoms with Crippen molar-refractivity contribution < 1.29 is 9.53 Å². The molecule has 0 spiro atoms. The first-order valence-corrected chi connectivity index (χ1v) is 8.84. The highest BCUT2D eigenvalue weighted by atomic mass is 16.5. The Morgan fingerprint density at radius 1 is 1.29 bits per heavy atom. The van der Waals surface area contributed by atoms with Gasteiger partial charge in [0.15, 0.2) is 0 Å². The minimum atomic E-state index is 0.153. The van der Waals surface area contributed by atoms with Crippen LogP contribution in [0.1, 0.15) is 39.3 Å². The maximum atomic E-state index is 12.9. The fourth-order valence-electron chi connectivity index (χ4n) is 3.61. The van der Waals surface area contributed by atoms with Crippen molar-refractivity contribution in [2.24, 2.45) is 0 Å². The van der Waals surface area contributed by atoms with E-state index in [1.807, 2.05) is 23.1 Å². The molecule has 0 radical (unpaired) electrons. The van der Waals surface area contributed by atoms with Crippen LogP contribution in [0.25, 0.3) is 0 Å². The van der Waals surface area contributed by atoms with Gasteiger partial charge in [0, 0.05) is 37.3 Å². The number of hydrogen-bond acceptors (Lipinski definition) is 4. The SMILES string of the molecule is COc1ccccc1C1CNCCN1CC(=O)N(C(C)C)C(C)C. The molecule has 1 unspecified atom stereocenters. The Morgan fingerprint density at radius 3 is 2.58 bits per heavy atom. The maximum absolute atomic E-state index is 12.9. The van der Waals surface area contributed by atoms with E-state index in [0.717, 1.165) is 30.9 Å². The number of ether oxygens (including phenoxy) is 1. The number of rotatable bonds is 6. The molecule has 1 saturated heterocycles. The Kier molecular flexibility index (Phi) is 6.63. The summed E-state index contributed by atoms with van der Waals surface area (Å²) in [7, 11) is 1.70. The van der Waals surface area contributed by atoms with Crippen molar-refractivity contribution >= 4 is 5.91 Å². The summed E-state index contributed by atoms with van der Waals surface area (Å²) in [5.41, 5.74) is 1.14. The Labute approximate surface area is 146 Å². The predicted molar refractivity (Wildman–Crippen MR) is 97.3 cm³/mol. The number of carbonyl (C=O) groups excluding carboxylic acids is 1. The molecule has 1 aromatic rings. The number of para-hydroxylation sites is 1. The molecule has 2 rings (SSSR count). The first kappa shape index (κ1) is 18.7. The molecule has 1 N–H and O–H groups in total. The van der Waals surface area contributed by atoms with Crippen molar-refractivity contribution in [3.05, 3.63) is 29.8 Å². The Balaban J connectivity index is 2.19. The molecule has 1 amide bonds. The summed E-state index contributed by atoms with van der Waals surface area (Å²) in [6, 6.07) is 8.67. The van der Waals surface area contributed by atoms with Gasteiger partial charge in [-0.15, -0.1) is 0 Å². The molecule has 1 aliphatic rings. The zero-order valence-corrected chi connectivity index (χ0v) is 15.6. The summed E-state index contributed by atoms with van der Waals surface area (Å²) in [4.78, 5) is 17.1. The predicted octanol–water partition coefficient (Wildman–Crippen LogP) is 2.29. The van der Waals surface area contributed by atoms with Crippen LogP contribution >= 0.6 is 0 Å². The lowest BCUT2D eigenvalue weighted by Crippen LogP contribution is -2.52. The van der Waals surface area contributed by atoms with Gasteiger partial charge in [-0.05, 0) is 33.8 Å². The zero-order valence-electron chi connectivity index (χ0n) is 15.6. The zero-order chi connectivity index (χ0) is 17.7. The van der Waals surface area contributed by atoms with Gasteiger partial charge in [-0.3, -0.25) is 9.69 Å². The van der Waals surface area contributed by atoms with Crippen LogP contribution in [-0.4, -0.2) is 61.1 Å². The highest BCUT2D eigenvalue weighted by Crippen LogP contribution is 2.30. The molecule has 0 aromatic heterocycles. The van der Waals surface area contributed by atoms with Crippen LogP contribution < -0.4 is 10.1 Å². The summed E-state index contributed by atoms with van der Waals surface area (Å²) >= 11 is 0. The second-order valence-electron chi connectivity index (χ2n) is 6.92. The van der Waals surface area contributed by atoms with E-state index in [9.17, 15) is 4.79 Å². The van der Waals surface area contributed by atoms with Gasteiger partial charge in [-0.25, -0.2) is 0 Å². The van der Waals surface area contributed by atoms with E-state index >= 15 is 0 Å². The lowest BCUT2D eigenvalue weighted by molar-refractivity contribution is -0.136. The van der Waals surface area contributed by atoms with Gasteiger partial charge in [-0.2, -0.15) is 0 Å².